The van der Waals surface area contributed by atoms with E-state index in [1.807, 2.05) is 12.1 Å². The highest BCUT2D eigenvalue weighted by atomic mass is 32.2. The molecule has 146 valence electrons. The zero-order valence-electron chi connectivity index (χ0n) is 15.9. The molecule has 0 aliphatic rings. The van der Waals surface area contributed by atoms with Crippen LogP contribution < -0.4 is 9.46 Å². The lowest BCUT2D eigenvalue weighted by Crippen LogP contribution is -2.28. The van der Waals surface area contributed by atoms with Crippen molar-refractivity contribution in [3.63, 3.8) is 0 Å². The monoisotopic (exact) mass is 390 g/mol. The number of sulfonamides is 1. The molecule has 1 amide bonds. The van der Waals surface area contributed by atoms with Crippen LogP contribution in [0, 0.1) is 0 Å². The Labute approximate surface area is 161 Å². The smallest absolute Gasteiger partial charge is 0.253 e. The highest BCUT2D eigenvalue weighted by Crippen LogP contribution is 2.19. The Morgan fingerprint density at radius 2 is 1.89 bits per heavy atom. The van der Waals surface area contributed by atoms with Crippen LogP contribution in [0.2, 0.25) is 0 Å². The normalized spacial score (nSPS) is 11.2. The third-order valence-electron chi connectivity index (χ3n) is 4.23. The van der Waals surface area contributed by atoms with Gasteiger partial charge in [-0.05, 0) is 30.7 Å². The average molecular weight is 391 g/mol. The van der Waals surface area contributed by atoms with Crippen LogP contribution in [-0.2, 0) is 16.6 Å². The summed E-state index contributed by atoms with van der Waals surface area (Å²) in [4.78, 5) is 14.2. The first-order valence-electron chi connectivity index (χ1n) is 8.86. The molecule has 0 unspecified atom stereocenters. The van der Waals surface area contributed by atoms with E-state index in [0.29, 0.717) is 17.9 Å². The van der Waals surface area contributed by atoms with E-state index < -0.39 is 10.0 Å². The molecule has 0 radical (unpaired) electrons. The number of amides is 1. The topological polar surface area (TPSA) is 75.7 Å². The standard InChI is InChI=1S/C20H26N2O4S/c1-4-5-13-22(2)20(23)16-10-8-11-18(14-16)27(24,25)21-15-17-9-6-7-12-19(17)26-3/h6-12,14,21H,4-5,13,15H2,1-3H3. The summed E-state index contributed by atoms with van der Waals surface area (Å²) in [6.45, 7) is 2.79. The molecule has 0 atom stereocenters. The van der Waals surface area contributed by atoms with Gasteiger partial charge in [0.05, 0.1) is 12.0 Å². The van der Waals surface area contributed by atoms with Crippen LogP contribution in [-0.4, -0.2) is 39.9 Å². The quantitative estimate of drug-likeness (QED) is 0.714. The van der Waals surface area contributed by atoms with Gasteiger partial charge in [0.2, 0.25) is 10.0 Å². The third-order valence-corrected chi connectivity index (χ3v) is 5.63. The van der Waals surface area contributed by atoms with E-state index in [-0.39, 0.29) is 17.3 Å². The third kappa shape index (κ3) is 5.55. The van der Waals surface area contributed by atoms with Crippen LogP contribution in [0.15, 0.2) is 53.4 Å². The number of hydrogen-bond acceptors (Lipinski definition) is 4. The maximum Gasteiger partial charge on any atom is 0.253 e. The van der Waals surface area contributed by atoms with Crippen LogP contribution in [0.5, 0.6) is 5.75 Å². The first-order chi connectivity index (χ1) is 12.9. The van der Waals surface area contributed by atoms with Crippen molar-refractivity contribution in [1.29, 1.82) is 0 Å². The van der Waals surface area contributed by atoms with Gasteiger partial charge in [0.25, 0.3) is 5.91 Å². The molecule has 2 rings (SSSR count). The van der Waals surface area contributed by atoms with Gasteiger partial charge in [-0.2, -0.15) is 0 Å². The highest BCUT2D eigenvalue weighted by Gasteiger charge is 2.18. The highest BCUT2D eigenvalue weighted by molar-refractivity contribution is 7.89. The van der Waals surface area contributed by atoms with Crippen molar-refractivity contribution in [3.05, 3.63) is 59.7 Å². The zero-order chi connectivity index (χ0) is 19.9. The van der Waals surface area contributed by atoms with Crippen molar-refractivity contribution in [1.82, 2.24) is 9.62 Å². The van der Waals surface area contributed by atoms with Gasteiger partial charge in [0, 0.05) is 31.3 Å². The molecule has 6 nitrogen and oxygen atoms in total. The van der Waals surface area contributed by atoms with Crippen LogP contribution in [0.3, 0.4) is 0 Å². The van der Waals surface area contributed by atoms with E-state index in [0.717, 1.165) is 18.4 Å². The Hall–Kier alpha value is -2.38. The molecule has 1 N–H and O–H groups in total. The molecule has 2 aromatic rings. The largest absolute Gasteiger partial charge is 0.496 e. The summed E-state index contributed by atoms with van der Waals surface area (Å²) in [5, 5.41) is 0. The van der Waals surface area contributed by atoms with Gasteiger partial charge in [0.1, 0.15) is 5.75 Å². The minimum absolute atomic E-state index is 0.0622. The number of rotatable bonds is 9. The van der Waals surface area contributed by atoms with Crippen molar-refractivity contribution in [2.24, 2.45) is 0 Å². The minimum Gasteiger partial charge on any atom is -0.496 e. The van der Waals surface area contributed by atoms with Crippen LogP contribution in [0.25, 0.3) is 0 Å². The fourth-order valence-electron chi connectivity index (χ4n) is 2.62. The summed E-state index contributed by atoms with van der Waals surface area (Å²) >= 11 is 0. The van der Waals surface area contributed by atoms with Crippen LogP contribution >= 0.6 is 0 Å². The summed E-state index contributed by atoms with van der Waals surface area (Å²) in [6.07, 6.45) is 1.89. The second-order valence-corrected chi connectivity index (χ2v) is 8.01. The van der Waals surface area contributed by atoms with Gasteiger partial charge < -0.3 is 9.64 Å². The molecule has 0 saturated carbocycles. The number of nitrogens with zero attached hydrogens (tertiary/aromatic N) is 1. The van der Waals surface area contributed by atoms with Crippen molar-refractivity contribution in [2.45, 2.75) is 31.2 Å². The number of benzene rings is 2. The Morgan fingerprint density at radius 1 is 1.15 bits per heavy atom. The SMILES string of the molecule is CCCCN(C)C(=O)c1cccc(S(=O)(=O)NCc2ccccc2OC)c1. The number of ether oxygens (including phenoxy) is 1. The molecule has 0 fully saturated rings. The lowest BCUT2D eigenvalue weighted by molar-refractivity contribution is 0.0793. The molecule has 0 saturated heterocycles. The Balaban J connectivity index is 2.15. The van der Waals surface area contributed by atoms with Crippen LogP contribution in [0.1, 0.15) is 35.7 Å². The Morgan fingerprint density at radius 3 is 2.59 bits per heavy atom. The Bertz CT molecular complexity index is 881. The summed E-state index contributed by atoms with van der Waals surface area (Å²) in [6, 6.07) is 13.3. The number of carbonyl (C=O) groups is 1. The average Bonchev–Trinajstić information content (AvgIpc) is 2.70. The van der Waals surface area contributed by atoms with Gasteiger partial charge in [-0.1, -0.05) is 37.6 Å². The molecule has 2 aromatic carbocycles. The maximum absolute atomic E-state index is 12.6. The molecule has 0 spiro atoms. The molecule has 0 aliphatic carbocycles. The van der Waals surface area contributed by atoms with E-state index in [1.165, 1.54) is 19.2 Å². The predicted octanol–water partition coefficient (Wildman–Crippen LogP) is 3.05. The van der Waals surface area contributed by atoms with Gasteiger partial charge in [-0.25, -0.2) is 13.1 Å². The number of carbonyl (C=O) groups excluding carboxylic acids is 1. The molecule has 0 aliphatic heterocycles. The van der Waals surface area contributed by atoms with Crippen molar-refractivity contribution >= 4 is 15.9 Å². The molecular formula is C20H26N2O4S. The van der Waals surface area contributed by atoms with E-state index >= 15 is 0 Å². The molecule has 0 heterocycles. The summed E-state index contributed by atoms with van der Waals surface area (Å²) in [5.74, 6) is 0.423. The summed E-state index contributed by atoms with van der Waals surface area (Å²) < 4.78 is 33.1. The second kappa shape index (κ2) is 9.53. The molecule has 27 heavy (non-hydrogen) atoms. The van der Waals surface area contributed by atoms with E-state index in [4.69, 9.17) is 4.74 Å². The van der Waals surface area contributed by atoms with Crippen LogP contribution in [0.4, 0.5) is 0 Å². The van der Waals surface area contributed by atoms with E-state index in [1.54, 1.807) is 36.2 Å². The lowest BCUT2D eigenvalue weighted by Gasteiger charge is -2.17. The Kier molecular flexibility index (Phi) is 7.38. The second-order valence-electron chi connectivity index (χ2n) is 6.24. The predicted molar refractivity (Wildman–Crippen MR) is 105 cm³/mol. The number of methoxy groups -OCH3 is 1. The minimum atomic E-state index is -3.76. The van der Waals surface area contributed by atoms with E-state index in [2.05, 4.69) is 11.6 Å². The fourth-order valence-corrected chi connectivity index (χ4v) is 3.67. The lowest BCUT2D eigenvalue weighted by atomic mass is 10.2. The number of para-hydroxylation sites is 1. The molecule has 0 aromatic heterocycles. The molecule has 0 bridgehead atoms. The van der Waals surface area contributed by atoms with Gasteiger partial charge in [0.15, 0.2) is 0 Å². The van der Waals surface area contributed by atoms with Gasteiger partial charge in [-0.3, -0.25) is 4.79 Å². The summed E-state index contributed by atoms with van der Waals surface area (Å²) in [5.41, 5.74) is 1.09. The molecular weight excluding hydrogens is 364 g/mol. The zero-order valence-corrected chi connectivity index (χ0v) is 16.8. The number of hydrogen-bond donors (Lipinski definition) is 1. The molecule has 7 heteroatoms. The fraction of sp³-hybridized carbons (Fsp3) is 0.350. The van der Waals surface area contributed by atoms with Gasteiger partial charge in [-0.15, -0.1) is 0 Å². The summed E-state index contributed by atoms with van der Waals surface area (Å²) in [7, 11) is -0.498. The van der Waals surface area contributed by atoms with Crippen molar-refractivity contribution in [3.8, 4) is 5.75 Å². The maximum atomic E-state index is 12.6. The number of unbranched alkanes of at least 4 members (excludes halogenated alkanes) is 1. The first-order valence-corrected chi connectivity index (χ1v) is 10.3. The first kappa shape index (κ1) is 20.9. The number of nitrogens with one attached hydrogen (secondary N) is 1. The van der Waals surface area contributed by atoms with Gasteiger partial charge >= 0.3 is 0 Å². The van der Waals surface area contributed by atoms with Crippen molar-refractivity contribution < 1.29 is 17.9 Å². The van der Waals surface area contributed by atoms with E-state index in [9.17, 15) is 13.2 Å². The van der Waals surface area contributed by atoms with Crippen molar-refractivity contribution in [2.75, 3.05) is 20.7 Å².